The van der Waals surface area contributed by atoms with E-state index in [4.69, 9.17) is 23.8 Å². The maximum atomic E-state index is 5.94. The van der Waals surface area contributed by atoms with Crippen molar-refractivity contribution in [2.24, 2.45) is 10.2 Å². The highest BCUT2D eigenvalue weighted by Crippen LogP contribution is 2.29. The molecule has 3 nitrogen and oxygen atoms in total. The Labute approximate surface area is 104 Å². The van der Waals surface area contributed by atoms with Gasteiger partial charge < -0.3 is 4.90 Å². The fourth-order valence-electron chi connectivity index (χ4n) is 1.56. The highest BCUT2D eigenvalue weighted by molar-refractivity contribution is 7.80. The summed E-state index contributed by atoms with van der Waals surface area (Å²) in [7, 11) is 0. The topological polar surface area (TPSA) is 28.0 Å². The molecule has 0 aromatic heterocycles. The number of nitrogens with zero attached hydrogens (tertiary/aromatic N) is 3. The van der Waals surface area contributed by atoms with Gasteiger partial charge in [0, 0.05) is 11.6 Å². The van der Waals surface area contributed by atoms with Crippen molar-refractivity contribution in [2.45, 2.75) is 6.17 Å². The lowest BCUT2D eigenvalue weighted by Gasteiger charge is -2.21. The van der Waals surface area contributed by atoms with Gasteiger partial charge in [-0.05, 0) is 29.9 Å². The molecule has 1 aromatic rings. The van der Waals surface area contributed by atoms with E-state index < -0.39 is 0 Å². The van der Waals surface area contributed by atoms with Crippen molar-refractivity contribution in [2.75, 3.05) is 6.54 Å². The van der Waals surface area contributed by atoms with Gasteiger partial charge in [-0.1, -0.05) is 29.8 Å². The van der Waals surface area contributed by atoms with E-state index in [0.29, 0.717) is 16.7 Å². The smallest absolute Gasteiger partial charge is 0.218 e. The number of azo groups is 1. The van der Waals surface area contributed by atoms with Crippen LogP contribution in [0.15, 0.2) is 47.1 Å². The summed E-state index contributed by atoms with van der Waals surface area (Å²) in [5, 5.41) is 9.22. The Kier molecular flexibility index (Phi) is 3.31. The van der Waals surface area contributed by atoms with Crippen LogP contribution in [0.25, 0.3) is 0 Å². The molecule has 1 heterocycles. The number of benzene rings is 1. The first-order valence-corrected chi connectivity index (χ1v) is 5.59. The van der Waals surface area contributed by atoms with Gasteiger partial charge in [0.15, 0.2) is 6.17 Å². The minimum absolute atomic E-state index is 0.177. The molecule has 0 amide bonds. The van der Waals surface area contributed by atoms with Crippen LogP contribution < -0.4 is 0 Å². The van der Waals surface area contributed by atoms with E-state index in [1.54, 1.807) is 6.08 Å². The molecule has 1 unspecified atom stereocenters. The molecular weight excluding hydrogens is 242 g/mol. The number of hydrogen-bond acceptors (Lipinski definition) is 2. The number of hydrogen-bond donors (Lipinski definition) is 0. The Morgan fingerprint density at radius 2 is 2.38 bits per heavy atom. The summed E-state index contributed by atoms with van der Waals surface area (Å²) in [4.78, 5) is 1.90. The van der Waals surface area contributed by atoms with Crippen LogP contribution in [0.4, 0.5) is 0 Å². The third-order valence-corrected chi connectivity index (χ3v) is 2.82. The van der Waals surface area contributed by atoms with Crippen LogP contribution in [-0.4, -0.2) is 16.6 Å². The first-order chi connectivity index (χ1) is 7.72. The molecule has 1 aliphatic heterocycles. The van der Waals surface area contributed by atoms with Gasteiger partial charge in [-0.15, -0.1) is 11.7 Å². The molecule has 1 aromatic carbocycles. The highest BCUT2D eigenvalue weighted by Gasteiger charge is 2.26. The maximum Gasteiger partial charge on any atom is 0.218 e. The summed E-state index contributed by atoms with van der Waals surface area (Å²) in [6, 6.07) is 7.54. The Morgan fingerprint density at radius 1 is 1.56 bits per heavy atom. The zero-order valence-corrected chi connectivity index (χ0v) is 10.1. The SMILES string of the molecule is C=CCN1C(=S)N=NC1c1cccc(Cl)c1. The van der Waals surface area contributed by atoms with E-state index in [1.807, 2.05) is 29.2 Å². The Morgan fingerprint density at radius 3 is 3.06 bits per heavy atom. The molecule has 2 rings (SSSR count). The Bertz CT molecular complexity index is 458. The van der Waals surface area contributed by atoms with Gasteiger partial charge in [-0.25, -0.2) is 0 Å². The molecule has 0 saturated carbocycles. The maximum absolute atomic E-state index is 5.94. The summed E-state index contributed by atoms with van der Waals surface area (Å²) in [5.41, 5.74) is 0.984. The van der Waals surface area contributed by atoms with E-state index >= 15 is 0 Å². The van der Waals surface area contributed by atoms with Gasteiger partial charge >= 0.3 is 0 Å². The lowest BCUT2D eigenvalue weighted by Crippen LogP contribution is -2.27. The van der Waals surface area contributed by atoms with Crippen LogP contribution in [0, 0.1) is 0 Å². The minimum atomic E-state index is -0.177. The predicted octanol–water partition coefficient (Wildman–Crippen LogP) is 3.58. The van der Waals surface area contributed by atoms with Crippen molar-refractivity contribution in [3.05, 3.63) is 47.5 Å². The molecular formula is C11H10ClN3S. The average Bonchev–Trinajstić information content (AvgIpc) is 2.61. The molecule has 0 spiro atoms. The fraction of sp³-hybridized carbons (Fsp3) is 0.182. The van der Waals surface area contributed by atoms with Crippen LogP contribution in [0.2, 0.25) is 5.02 Å². The Hall–Kier alpha value is -1.26. The van der Waals surface area contributed by atoms with Gasteiger partial charge in [-0.2, -0.15) is 5.11 Å². The Balaban J connectivity index is 2.29. The molecule has 0 saturated heterocycles. The quantitative estimate of drug-likeness (QED) is 0.607. The first kappa shape index (κ1) is 11.2. The van der Waals surface area contributed by atoms with Crippen molar-refractivity contribution in [1.29, 1.82) is 0 Å². The molecule has 1 aliphatic rings. The van der Waals surface area contributed by atoms with Crippen LogP contribution in [0.1, 0.15) is 11.7 Å². The second kappa shape index (κ2) is 4.72. The summed E-state index contributed by atoms with van der Waals surface area (Å²) in [6.07, 6.45) is 1.60. The van der Waals surface area contributed by atoms with E-state index in [9.17, 15) is 0 Å². The lowest BCUT2D eigenvalue weighted by atomic mass is 10.1. The van der Waals surface area contributed by atoms with Crippen LogP contribution in [0.3, 0.4) is 0 Å². The minimum Gasteiger partial charge on any atom is -0.315 e. The molecule has 0 N–H and O–H groups in total. The van der Waals surface area contributed by atoms with Crippen LogP contribution in [0.5, 0.6) is 0 Å². The van der Waals surface area contributed by atoms with E-state index in [-0.39, 0.29) is 6.17 Å². The van der Waals surface area contributed by atoms with E-state index in [1.165, 1.54) is 0 Å². The van der Waals surface area contributed by atoms with Crippen molar-refractivity contribution < 1.29 is 0 Å². The lowest BCUT2D eigenvalue weighted by molar-refractivity contribution is 0.380. The average molecular weight is 252 g/mol. The molecule has 0 fully saturated rings. The number of halogens is 1. The summed E-state index contributed by atoms with van der Waals surface area (Å²) < 4.78 is 0. The largest absolute Gasteiger partial charge is 0.315 e. The van der Waals surface area contributed by atoms with Gasteiger partial charge in [-0.3, -0.25) is 0 Å². The van der Waals surface area contributed by atoms with E-state index in [0.717, 1.165) is 5.56 Å². The molecule has 0 bridgehead atoms. The zero-order valence-electron chi connectivity index (χ0n) is 8.51. The highest BCUT2D eigenvalue weighted by atomic mass is 35.5. The standard InChI is InChI=1S/C11H10ClN3S/c1-2-6-15-10(13-14-11(15)16)8-4-3-5-9(12)7-8/h2-5,7,10H,1,6H2. The van der Waals surface area contributed by atoms with Crippen molar-refractivity contribution in [3.8, 4) is 0 Å². The van der Waals surface area contributed by atoms with Crippen LogP contribution in [-0.2, 0) is 0 Å². The molecule has 16 heavy (non-hydrogen) atoms. The second-order valence-corrected chi connectivity index (χ2v) is 4.17. The third-order valence-electron chi connectivity index (χ3n) is 2.27. The normalized spacial score (nSPS) is 19.2. The van der Waals surface area contributed by atoms with Crippen molar-refractivity contribution in [1.82, 2.24) is 4.90 Å². The number of thiocarbonyl (C=S) groups is 1. The fourth-order valence-corrected chi connectivity index (χ4v) is 1.98. The van der Waals surface area contributed by atoms with Crippen molar-refractivity contribution >= 4 is 28.9 Å². The van der Waals surface area contributed by atoms with Crippen molar-refractivity contribution in [3.63, 3.8) is 0 Å². The van der Waals surface area contributed by atoms with Gasteiger partial charge in [0.25, 0.3) is 0 Å². The first-order valence-electron chi connectivity index (χ1n) is 4.80. The molecule has 0 aliphatic carbocycles. The predicted molar refractivity (Wildman–Crippen MR) is 68.6 cm³/mol. The second-order valence-electron chi connectivity index (χ2n) is 3.37. The third kappa shape index (κ3) is 2.13. The number of rotatable bonds is 3. The summed E-state index contributed by atoms with van der Waals surface area (Å²) >= 11 is 11.0. The van der Waals surface area contributed by atoms with E-state index in [2.05, 4.69) is 16.8 Å². The summed E-state index contributed by atoms with van der Waals surface area (Å²) in [6.45, 7) is 4.32. The monoisotopic (exact) mass is 251 g/mol. The molecule has 0 radical (unpaired) electrons. The molecule has 5 heteroatoms. The summed E-state index contributed by atoms with van der Waals surface area (Å²) in [5.74, 6) is 0. The molecule has 82 valence electrons. The molecule has 1 atom stereocenters. The van der Waals surface area contributed by atoms with Gasteiger partial charge in [0.1, 0.15) is 0 Å². The van der Waals surface area contributed by atoms with Crippen LogP contribution >= 0.6 is 23.8 Å². The zero-order chi connectivity index (χ0) is 11.5. The van der Waals surface area contributed by atoms with Gasteiger partial charge in [0.2, 0.25) is 5.11 Å². The van der Waals surface area contributed by atoms with Gasteiger partial charge in [0.05, 0.1) is 0 Å².